The van der Waals surface area contributed by atoms with Crippen LogP contribution < -0.4 is 15.0 Å². The summed E-state index contributed by atoms with van der Waals surface area (Å²) in [6.07, 6.45) is 0.489. The zero-order chi connectivity index (χ0) is 19.4. The number of rotatable bonds is 7. The summed E-state index contributed by atoms with van der Waals surface area (Å²) in [5, 5.41) is 2.87. The van der Waals surface area contributed by atoms with Crippen molar-refractivity contribution in [3.63, 3.8) is 0 Å². The first-order chi connectivity index (χ1) is 12.9. The molecular weight excluding hydrogens is 378 g/mol. The van der Waals surface area contributed by atoms with Crippen molar-refractivity contribution in [3.05, 3.63) is 48.5 Å². The summed E-state index contributed by atoms with van der Waals surface area (Å²) >= 11 is 0. The van der Waals surface area contributed by atoms with Crippen molar-refractivity contribution in [2.75, 3.05) is 29.9 Å². The monoisotopic (exact) mass is 396 g/mol. The number of sulfone groups is 1. The largest absolute Gasteiger partial charge is 0.482 e. The van der Waals surface area contributed by atoms with E-state index in [4.69, 9.17) is 4.74 Å². The lowest BCUT2D eigenvalue weighted by atomic mass is 10.2. The predicted octanol–water partition coefficient (Wildman–Crippen LogP) is 2.91. The molecule has 1 amide bonds. The fraction of sp³-hybridized carbons (Fsp3) is 0.278. The zero-order valence-corrected chi connectivity index (χ0v) is 15.1. The van der Waals surface area contributed by atoms with Crippen LogP contribution in [0.3, 0.4) is 0 Å². The van der Waals surface area contributed by atoms with Crippen LogP contribution in [-0.4, -0.2) is 39.8 Å². The number of hydrogen-bond acceptors (Lipinski definition) is 5. The van der Waals surface area contributed by atoms with Crippen LogP contribution in [0, 0.1) is 0 Å². The van der Waals surface area contributed by atoms with E-state index >= 15 is 0 Å². The molecule has 3 rings (SSSR count). The van der Waals surface area contributed by atoms with Crippen LogP contribution in [0.5, 0.6) is 5.75 Å². The van der Waals surface area contributed by atoms with Gasteiger partial charge in [-0.05, 0) is 30.7 Å². The number of carbonyl (C=O) groups excluding carboxylic acids is 1. The van der Waals surface area contributed by atoms with Crippen LogP contribution in [0.15, 0.2) is 53.4 Å². The van der Waals surface area contributed by atoms with E-state index in [0.29, 0.717) is 30.9 Å². The number of nitrogens with zero attached hydrogens (tertiary/aromatic N) is 1. The Labute approximate surface area is 155 Å². The van der Waals surface area contributed by atoms with Gasteiger partial charge in [-0.15, -0.1) is 0 Å². The summed E-state index contributed by atoms with van der Waals surface area (Å²) in [5.41, 5.74) is 0.793. The molecule has 27 heavy (non-hydrogen) atoms. The SMILES string of the molecule is O=C1COc2ccccc2N1CCCNc1ccccc1S(=O)(=O)C(F)F. The van der Waals surface area contributed by atoms with Gasteiger partial charge in [0.25, 0.3) is 5.91 Å². The first-order valence-corrected chi connectivity index (χ1v) is 9.83. The summed E-state index contributed by atoms with van der Waals surface area (Å²) in [6.45, 7) is 0.651. The maximum absolute atomic E-state index is 12.8. The van der Waals surface area contributed by atoms with Gasteiger partial charge in [0.1, 0.15) is 5.75 Å². The van der Waals surface area contributed by atoms with Gasteiger partial charge in [0, 0.05) is 13.1 Å². The standard InChI is InChI=1S/C18H18F2N2O4S/c19-18(20)27(24,25)16-9-4-1-6-13(16)21-10-5-11-22-14-7-2-3-8-15(14)26-12-17(22)23/h1-4,6-9,18,21H,5,10-12H2. The van der Waals surface area contributed by atoms with Crippen LogP contribution in [-0.2, 0) is 14.6 Å². The number of para-hydroxylation sites is 3. The molecule has 0 radical (unpaired) electrons. The molecule has 0 atom stereocenters. The van der Waals surface area contributed by atoms with Crippen LogP contribution >= 0.6 is 0 Å². The lowest BCUT2D eigenvalue weighted by Gasteiger charge is -2.29. The third kappa shape index (κ3) is 4.02. The molecular formula is C18H18F2N2O4S. The Kier molecular flexibility index (Phi) is 5.59. The highest BCUT2D eigenvalue weighted by atomic mass is 32.2. The van der Waals surface area contributed by atoms with Crippen molar-refractivity contribution >= 4 is 27.1 Å². The van der Waals surface area contributed by atoms with Gasteiger partial charge < -0.3 is 15.0 Å². The van der Waals surface area contributed by atoms with Gasteiger partial charge in [-0.3, -0.25) is 4.79 Å². The molecule has 0 saturated carbocycles. The molecule has 2 aromatic carbocycles. The smallest absolute Gasteiger partial charge is 0.341 e. The summed E-state index contributed by atoms with van der Waals surface area (Å²) in [6, 6.07) is 12.7. The fourth-order valence-corrected chi connectivity index (χ4v) is 3.72. The minimum Gasteiger partial charge on any atom is -0.482 e. The molecule has 0 aliphatic carbocycles. The van der Waals surface area contributed by atoms with Gasteiger partial charge in [0.15, 0.2) is 6.61 Å². The first-order valence-electron chi connectivity index (χ1n) is 8.28. The predicted molar refractivity (Wildman–Crippen MR) is 97.0 cm³/mol. The number of benzene rings is 2. The molecule has 1 N–H and O–H groups in total. The maximum Gasteiger partial charge on any atom is 0.341 e. The van der Waals surface area contributed by atoms with E-state index < -0.39 is 20.5 Å². The number of hydrogen-bond donors (Lipinski definition) is 1. The molecule has 1 heterocycles. The number of halogens is 2. The van der Waals surface area contributed by atoms with Crippen molar-refractivity contribution in [2.45, 2.75) is 17.1 Å². The van der Waals surface area contributed by atoms with E-state index in [-0.39, 0.29) is 18.2 Å². The molecule has 1 aliphatic heterocycles. The summed E-state index contributed by atoms with van der Waals surface area (Å²) in [4.78, 5) is 13.3. The van der Waals surface area contributed by atoms with Crippen molar-refractivity contribution in [2.24, 2.45) is 0 Å². The topological polar surface area (TPSA) is 75.7 Å². The normalized spacial score (nSPS) is 14.0. The lowest BCUT2D eigenvalue weighted by molar-refractivity contribution is -0.121. The molecule has 1 aliphatic rings. The van der Waals surface area contributed by atoms with Crippen molar-refractivity contribution < 1.29 is 26.7 Å². The Morgan fingerprint density at radius 2 is 1.81 bits per heavy atom. The second-order valence-electron chi connectivity index (χ2n) is 5.88. The van der Waals surface area contributed by atoms with Crippen molar-refractivity contribution in [1.82, 2.24) is 0 Å². The quantitative estimate of drug-likeness (QED) is 0.729. The van der Waals surface area contributed by atoms with Crippen LogP contribution in [0.1, 0.15) is 6.42 Å². The highest BCUT2D eigenvalue weighted by molar-refractivity contribution is 7.91. The first kappa shape index (κ1) is 19.1. The molecule has 0 spiro atoms. The second-order valence-corrected chi connectivity index (χ2v) is 7.77. The highest BCUT2D eigenvalue weighted by Gasteiger charge is 2.29. The van der Waals surface area contributed by atoms with Gasteiger partial charge in [-0.1, -0.05) is 24.3 Å². The van der Waals surface area contributed by atoms with Gasteiger partial charge in [0.2, 0.25) is 9.84 Å². The number of ether oxygens (including phenoxy) is 1. The van der Waals surface area contributed by atoms with Crippen LogP contribution in [0.25, 0.3) is 0 Å². The minimum atomic E-state index is -4.69. The average Bonchev–Trinajstić information content (AvgIpc) is 2.66. The number of anilines is 2. The molecule has 2 aromatic rings. The van der Waals surface area contributed by atoms with Gasteiger partial charge >= 0.3 is 5.76 Å². The van der Waals surface area contributed by atoms with Gasteiger partial charge in [-0.25, -0.2) is 8.42 Å². The van der Waals surface area contributed by atoms with Crippen molar-refractivity contribution in [3.8, 4) is 5.75 Å². The number of nitrogens with one attached hydrogen (secondary N) is 1. The third-order valence-electron chi connectivity index (χ3n) is 4.11. The Hall–Kier alpha value is -2.68. The van der Waals surface area contributed by atoms with E-state index in [1.165, 1.54) is 12.1 Å². The third-order valence-corrected chi connectivity index (χ3v) is 5.55. The van der Waals surface area contributed by atoms with E-state index in [1.54, 1.807) is 29.2 Å². The minimum absolute atomic E-state index is 0.0418. The Morgan fingerprint density at radius 1 is 1.11 bits per heavy atom. The zero-order valence-electron chi connectivity index (χ0n) is 14.3. The molecule has 144 valence electrons. The van der Waals surface area contributed by atoms with Crippen LogP contribution in [0.2, 0.25) is 0 Å². The highest BCUT2D eigenvalue weighted by Crippen LogP contribution is 2.31. The molecule has 0 bridgehead atoms. The Balaban J connectivity index is 1.65. The second kappa shape index (κ2) is 7.91. The van der Waals surface area contributed by atoms with Gasteiger partial charge in [0.05, 0.1) is 16.3 Å². The molecule has 0 fully saturated rings. The van der Waals surface area contributed by atoms with E-state index in [2.05, 4.69) is 5.32 Å². The van der Waals surface area contributed by atoms with E-state index in [0.717, 1.165) is 6.07 Å². The molecule has 0 unspecified atom stereocenters. The number of carbonyl (C=O) groups is 1. The van der Waals surface area contributed by atoms with Crippen LogP contribution in [0.4, 0.5) is 20.2 Å². The number of fused-ring (bicyclic) bond motifs is 1. The van der Waals surface area contributed by atoms with Crippen molar-refractivity contribution in [1.29, 1.82) is 0 Å². The molecule has 6 nitrogen and oxygen atoms in total. The summed E-state index contributed by atoms with van der Waals surface area (Å²) < 4.78 is 54.5. The van der Waals surface area contributed by atoms with E-state index in [1.807, 2.05) is 6.07 Å². The molecule has 0 aromatic heterocycles. The molecule has 0 saturated heterocycles. The number of alkyl halides is 2. The van der Waals surface area contributed by atoms with Gasteiger partial charge in [-0.2, -0.15) is 8.78 Å². The average molecular weight is 396 g/mol. The Bertz CT molecular complexity index is 934. The lowest BCUT2D eigenvalue weighted by Crippen LogP contribution is -2.39. The fourth-order valence-electron chi connectivity index (χ4n) is 2.82. The summed E-state index contributed by atoms with van der Waals surface area (Å²) in [7, 11) is -4.69. The summed E-state index contributed by atoms with van der Waals surface area (Å²) in [5.74, 6) is -3.03. The maximum atomic E-state index is 12.8. The van der Waals surface area contributed by atoms with E-state index in [9.17, 15) is 22.0 Å². The number of amides is 1. The Morgan fingerprint density at radius 3 is 2.59 bits per heavy atom. The molecule has 9 heteroatoms.